The fourth-order valence-electron chi connectivity index (χ4n) is 2.51. The van der Waals surface area contributed by atoms with Gasteiger partial charge in [-0.15, -0.1) is 0 Å². The van der Waals surface area contributed by atoms with Crippen molar-refractivity contribution in [3.8, 4) is 0 Å². The first kappa shape index (κ1) is 16.4. The molecule has 0 amide bonds. The predicted molar refractivity (Wildman–Crippen MR) is 106 cm³/mol. The van der Waals surface area contributed by atoms with Gasteiger partial charge in [0.2, 0.25) is 0 Å². The highest BCUT2D eigenvalue weighted by atomic mass is 32.2. The van der Waals surface area contributed by atoms with Crippen molar-refractivity contribution in [2.24, 2.45) is 0 Å². The first-order valence-electron chi connectivity index (χ1n) is 7.98. The summed E-state index contributed by atoms with van der Waals surface area (Å²) in [6.07, 6.45) is 0. The highest BCUT2D eigenvalue weighted by molar-refractivity contribution is 8.00. The summed E-state index contributed by atoms with van der Waals surface area (Å²) in [7, 11) is 0. The number of benzene rings is 3. The number of anilines is 1. The van der Waals surface area contributed by atoms with Gasteiger partial charge in [0.05, 0.1) is 5.69 Å². The predicted octanol–water partition coefficient (Wildman–Crippen LogP) is 6.48. The fourth-order valence-corrected chi connectivity index (χ4v) is 3.19. The van der Waals surface area contributed by atoms with Crippen molar-refractivity contribution >= 4 is 23.2 Å². The molecule has 0 fully saturated rings. The highest BCUT2D eigenvalue weighted by Crippen LogP contribution is 2.32. The second-order valence-electron chi connectivity index (χ2n) is 5.91. The van der Waals surface area contributed by atoms with Crippen LogP contribution in [0.15, 0.2) is 84.3 Å². The summed E-state index contributed by atoms with van der Waals surface area (Å²) in [6, 6.07) is 25.3. The van der Waals surface area contributed by atoms with Gasteiger partial charge < -0.3 is 4.72 Å². The molecular formula is C22H21NS. The van der Waals surface area contributed by atoms with Gasteiger partial charge in [-0.3, -0.25) is 0 Å². The van der Waals surface area contributed by atoms with Crippen LogP contribution in [0.2, 0.25) is 0 Å². The van der Waals surface area contributed by atoms with E-state index in [1.807, 2.05) is 18.2 Å². The summed E-state index contributed by atoms with van der Waals surface area (Å²) in [5.74, 6) is 0. The van der Waals surface area contributed by atoms with E-state index in [4.69, 9.17) is 0 Å². The largest absolute Gasteiger partial charge is 0.325 e. The zero-order valence-electron chi connectivity index (χ0n) is 14.0. The Bertz CT molecular complexity index is 836. The van der Waals surface area contributed by atoms with Gasteiger partial charge in [0.25, 0.3) is 0 Å². The standard InChI is InChI=1S/C22H21NS/c1-16-9-12-20(13-10-16)24-23-22-14-11-17(2)15-21(22)18(3)19-7-5-4-6-8-19/h4-15,23H,3H2,1-2H3. The van der Waals surface area contributed by atoms with Crippen LogP contribution in [0.3, 0.4) is 0 Å². The molecule has 3 aromatic carbocycles. The molecule has 1 nitrogen and oxygen atoms in total. The Morgan fingerprint density at radius 1 is 0.833 bits per heavy atom. The van der Waals surface area contributed by atoms with E-state index in [2.05, 4.69) is 79.7 Å². The number of hydrogen-bond donors (Lipinski definition) is 1. The molecule has 0 spiro atoms. The van der Waals surface area contributed by atoms with Crippen molar-refractivity contribution in [2.45, 2.75) is 18.7 Å². The van der Waals surface area contributed by atoms with E-state index in [-0.39, 0.29) is 0 Å². The van der Waals surface area contributed by atoms with E-state index in [0.717, 1.165) is 22.4 Å². The lowest BCUT2D eigenvalue weighted by molar-refractivity contribution is 1.38. The summed E-state index contributed by atoms with van der Waals surface area (Å²) < 4.78 is 3.48. The average molecular weight is 331 g/mol. The Morgan fingerprint density at radius 3 is 2.21 bits per heavy atom. The molecule has 3 aromatic rings. The molecular weight excluding hydrogens is 310 g/mol. The molecule has 0 bridgehead atoms. The van der Waals surface area contributed by atoms with Gasteiger partial charge in [-0.25, -0.2) is 0 Å². The molecule has 0 aromatic heterocycles. The van der Waals surface area contributed by atoms with Crippen molar-refractivity contribution in [1.29, 1.82) is 0 Å². The second kappa shape index (κ2) is 7.41. The molecule has 2 heteroatoms. The normalized spacial score (nSPS) is 10.4. The Morgan fingerprint density at radius 2 is 1.50 bits per heavy atom. The lowest BCUT2D eigenvalue weighted by atomic mass is 9.97. The third kappa shape index (κ3) is 3.90. The molecule has 0 saturated carbocycles. The number of rotatable bonds is 5. The summed E-state index contributed by atoms with van der Waals surface area (Å²) in [5.41, 5.74) is 6.90. The monoisotopic (exact) mass is 331 g/mol. The molecule has 0 atom stereocenters. The van der Waals surface area contributed by atoms with Gasteiger partial charge in [-0.2, -0.15) is 0 Å². The van der Waals surface area contributed by atoms with E-state index in [1.54, 1.807) is 11.9 Å². The second-order valence-corrected chi connectivity index (χ2v) is 6.79. The zero-order valence-corrected chi connectivity index (χ0v) is 14.9. The van der Waals surface area contributed by atoms with E-state index in [9.17, 15) is 0 Å². The smallest absolute Gasteiger partial charge is 0.0522 e. The van der Waals surface area contributed by atoms with Crippen LogP contribution < -0.4 is 4.72 Å². The molecule has 24 heavy (non-hydrogen) atoms. The number of hydrogen-bond acceptors (Lipinski definition) is 2. The van der Waals surface area contributed by atoms with Gasteiger partial charge >= 0.3 is 0 Å². The Hall–Kier alpha value is -2.45. The maximum Gasteiger partial charge on any atom is 0.0522 e. The van der Waals surface area contributed by atoms with Crippen LogP contribution in [0.25, 0.3) is 5.57 Å². The Kier molecular flexibility index (Phi) is 5.07. The molecule has 3 rings (SSSR count). The third-order valence-electron chi connectivity index (χ3n) is 3.92. The van der Waals surface area contributed by atoms with Crippen molar-refractivity contribution in [1.82, 2.24) is 0 Å². The van der Waals surface area contributed by atoms with Crippen LogP contribution in [0, 0.1) is 13.8 Å². The van der Waals surface area contributed by atoms with Gasteiger partial charge in [-0.1, -0.05) is 66.2 Å². The number of aryl methyl sites for hydroxylation is 2. The maximum atomic E-state index is 4.31. The van der Waals surface area contributed by atoms with Crippen LogP contribution in [-0.2, 0) is 0 Å². The Balaban J connectivity index is 1.85. The van der Waals surface area contributed by atoms with Crippen LogP contribution in [0.4, 0.5) is 5.69 Å². The van der Waals surface area contributed by atoms with E-state index >= 15 is 0 Å². The third-order valence-corrected chi connectivity index (χ3v) is 4.75. The lowest BCUT2D eigenvalue weighted by Crippen LogP contribution is -1.95. The fraction of sp³-hybridized carbons (Fsp3) is 0.0909. The van der Waals surface area contributed by atoms with Crippen LogP contribution in [0.5, 0.6) is 0 Å². The SMILES string of the molecule is C=C(c1ccccc1)c1cc(C)ccc1NSc1ccc(C)cc1. The highest BCUT2D eigenvalue weighted by Gasteiger charge is 2.09. The molecule has 0 unspecified atom stereocenters. The molecule has 0 heterocycles. The topological polar surface area (TPSA) is 12.0 Å². The van der Waals surface area contributed by atoms with Crippen molar-refractivity contribution in [2.75, 3.05) is 4.72 Å². The minimum Gasteiger partial charge on any atom is -0.325 e. The van der Waals surface area contributed by atoms with Crippen molar-refractivity contribution in [3.05, 3.63) is 102 Å². The molecule has 0 aliphatic rings. The van der Waals surface area contributed by atoms with Gasteiger partial charge in [0.1, 0.15) is 0 Å². The van der Waals surface area contributed by atoms with Crippen molar-refractivity contribution in [3.63, 3.8) is 0 Å². The van der Waals surface area contributed by atoms with E-state index in [0.29, 0.717) is 0 Å². The first-order chi connectivity index (χ1) is 11.6. The summed E-state index contributed by atoms with van der Waals surface area (Å²) in [4.78, 5) is 1.19. The van der Waals surface area contributed by atoms with Gasteiger partial charge in [0, 0.05) is 10.5 Å². The zero-order chi connectivity index (χ0) is 16.9. The van der Waals surface area contributed by atoms with Gasteiger partial charge in [-0.05, 0) is 61.2 Å². The minimum atomic E-state index is 1.03. The van der Waals surface area contributed by atoms with Crippen LogP contribution >= 0.6 is 11.9 Å². The molecule has 0 saturated heterocycles. The van der Waals surface area contributed by atoms with E-state index in [1.165, 1.54) is 16.0 Å². The summed E-state index contributed by atoms with van der Waals surface area (Å²) >= 11 is 1.62. The quantitative estimate of drug-likeness (QED) is 0.537. The summed E-state index contributed by atoms with van der Waals surface area (Å²) in [6.45, 7) is 8.53. The molecule has 0 aliphatic heterocycles. The first-order valence-corrected chi connectivity index (χ1v) is 8.80. The van der Waals surface area contributed by atoms with Gasteiger partial charge in [0.15, 0.2) is 0 Å². The maximum absolute atomic E-state index is 4.31. The molecule has 1 N–H and O–H groups in total. The molecule has 0 aliphatic carbocycles. The number of nitrogens with one attached hydrogen (secondary N) is 1. The summed E-state index contributed by atoms with van der Waals surface area (Å²) in [5, 5.41) is 0. The van der Waals surface area contributed by atoms with Crippen LogP contribution in [-0.4, -0.2) is 0 Å². The minimum absolute atomic E-state index is 1.03. The molecule has 120 valence electrons. The average Bonchev–Trinajstić information content (AvgIpc) is 2.62. The molecule has 0 radical (unpaired) electrons. The van der Waals surface area contributed by atoms with Crippen molar-refractivity contribution < 1.29 is 0 Å². The Labute approximate surface area is 148 Å². The van der Waals surface area contributed by atoms with E-state index < -0.39 is 0 Å². The van der Waals surface area contributed by atoms with Crippen LogP contribution in [0.1, 0.15) is 22.3 Å². The lowest BCUT2D eigenvalue weighted by Gasteiger charge is -2.15.